The summed E-state index contributed by atoms with van der Waals surface area (Å²) in [6.45, 7) is 4.29. The van der Waals surface area contributed by atoms with Gasteiger partial charge in [-0.15, -0.1) is 0 Å². The molecule has 0 aromatic heterocycles. The van der Waals surface area contributed by atoms with Crippen molar-refractivity contribution in [1.29, 1.82) is 0 Å². The third kappa shape index (κ3) is 9.59. The molecular weight excluding hydrogens is 504 g/mol. The Morgan fingerprint density at radius 2 is 1.56 bits per heavy atom. The van der Waals surface area contributed by atoms with E-state index < -0.39 is 17.9 Å². The van der Waals surface area contributed by atoms with Gasteiger partial charge in [0, 0.05) is 6.08 Å². The van der Waals surface area contributed by atoms with E-state index in [2.05, 4.69) is 6.58 Å². The topological polar surface area (TPSA) is 125 Å². The molecule has 0 bridgehead atoms. The average molecular weight is 539 g/mol. The Kier molecular flexibility index (Phi) is 11.6. The van der Waals surface area contributed by atoms with E-state index in [0.717, 1.165) is 31.8 Å². The molecule has 9 heteroatoms. The van der Waals surface area contributed by atoms with Gasteiger partial charge in [0.15, 0.2) is 6.29 Å². The standard InChI is InChI=1S/C30H34O9/c1-2-28(33)37-18-6-4-3-5-17-36-24-11-7-21(8-12-24)29(34)38-25-13-9-22(10-14-25)30(35)39-26-15-16-27(32)23(19-26)20-31/h2,7-8,11-12,15-16,19-20,22,25,32H,1,3-6,9-10,13-14,17-18H2. The first-order chi connectivity index (χ1) is 18.9. The zero-order valence-electron chi connectivity index (χ0n) is 21.8. The molecule has 2 aromatic rings. The number of hydrogen-bond acceptors (Lipinski definition) is 9. The van der Waals surface area contributed by atoms with Gasteiger partial charge in [-0.3, -0.25) is 9.59 Å². The molecule has 0 aliphatic heterocycles. The lowest BCUT2D eigenvalue weighted by molar-refractivity contribution is -0.140. The van der Waals surface area contributed by atoms with Crippen molar-refractivity contribution < 1.29 is 43.2 Å². The number of aromatic hydroxyl groups is 1. The second kappa shape index (κ2) is 15.3. The molecule has 0 heterocycles. The van der Waals surface area contributed by atoms with Crippen LogP contribution in [0.2, 0.25) is 0 Å². The fraction of sp³-hybridized carbons (Fsp3) is 0.400. The monoisotopic (exact) mass is 538 g/mol. The normalized spacial score (nSPS) is 16.5. The quantitative estimate of drug-likeness (QED) is 0.114. The Morgan fingerprint density at radius 1 is 0.897 bits per heavy atom. The summed E-state index contributed by atoms with van der Waals surface area (Å²) in [4.78, 5) is 47.0. The van der Waals surface area contributed by atoms with Gasteiger partial charge >= 0.3 is 17.9 Å². The molecule has 0 spiro atoms. The number of phenolic OH excluding ortho intramolecular Hbond substituents is 1. The first-order valence-corrected chi connectivity index (χ1v) is 13.1. The molecule has 1 aliphatic rings. The molecule has 0 radical (unpaired) electrons. The van der Waals surface area contributed by atoms with Gasteiger partial charge in [0.2, 0.25) is 0 Å². The second-order valence-electron chi connectivity index (χ2n) is 9.30. The van der Waals surface area contributed by atoms with Crippen LogP contribution in [0.15, 0.2) is 55.1 Å². The summed E-state index contributed by atoms with van der Waals surface area (Å²) in [5.74, 6) is -0.881. The highest BCUT2D eigenvalue weighted by atomic mass is 16.5. The largest absolute Gasteiger partial charge is 0.507 e. The van der Waals surface area contributed by atoms with E-state index in [-0.39, 0.29) is 29.1 Å². The highest BCUT2D eigenvalue weighted by Gasteiger charge is 2.30. The second-order valence-corrected chi connectivity index (χ2v) is 9.30. The van der Waals surface area contributed by atoms with Gasteiger partial charge in [-0.1, -0.05) is 6.58 Å². The third-order valence-electron chi connectivity index (χ3n) is 6.43. The summed E-state index contributed by atoms with van der Waals surface area (Å²) in [6, 6.07) is 10.9. The Labute approximate surface area is 227 Å². The lowest BCUT2D eigenvalue weighted by atomic mass is 9.87. The fourth-order valence-corrected chi connectivity index (χ4v) is 4.19. The SMILES string of the molecule is C=CC(=O)OCCCCCCOc1ccc(C(=O)OC2CCC(C(=O)Oc3ccc(O)c(C=O)c3)CC2)cc1. The Morgan fingerprint density at radius 3 is 2.23 bits per heavy atom. The van der Waals surface area contributed by atoms with Crippen LogP contribution in [-0.2, 0) is 19.1 Å². The van der Waals surface area contributed by atoms with Crippen LogP contribution in [-0.4, -0.2) is 48.6 Å². The zero-order valence-corrected chi connectivity index (χ0v) is 21.8. The molecule has 2 aromatic carbocycles. The minimum Gasteiger partial charge on any atom is -0.507 e. The number of carbonyl (C=O) groups is 4. The lowest BCUT2D eigenvalue weighted by Crippen LogP contribution is -2.30. The van der Waals surface area contributed by atoms with Crippen molar-refractivity contribution in [2.75, 3.05) is 13.2 Å². The summed E-state index contributed by atoms with van der Waals surface area (Å²) in [6.07, 6.45) is 7.02. The number of ether oxygens (including phenoxy) is 4. The first-order valence-electron chi connectivity index (χ1n) is 13.1. The van der Waals surface area contributed by atoms with Crippen LogP contribution in [0.3, 0.4) is 0 Å². The molecule has 0 amide bonds. The molecule has 0 unspecified atom stereocenters. The van der Waals surface area contributed by atoms with Gasteiger partial charge in [-0.2, -0.15) is 0 Å². The highest BCUT2D eigenvalue weighted by molar-refractivity contribution is 5.89. The number of carbonyl (C=O) groups excluding carboxylic acids is 4. The molecule has 39 heavy (non-hydrogen) atoms. The number of aldehydes is 1. The van der Waals surface area contributed by atoms with Crippen LogP contribution < -0.4 is 9.47 Å². The molecule has 0 saturated heterocycles. The van der Waals surface area contributed by atoms with E-state index in [9.17, 15) is 24.3 Å². The number of benzene rings is 2. The summed E-state index contributed by atoms with van der Waals surface area (Å²) < 4.78 is 21.7. The average Bonchev–Trinajstić information content (AvgIpc) is 2.95. The van der Waals surface area contributed by atoms with Crippen LogP contribution in [0, 0.1) is 5.92 Å². The van der Waals surface area contributed by atoms with Gasteiger partial charge in [0.05, 0.1) is 30.3 Å². The number of phenols is 1. The molecule has 0 atom stereocenters. The number of hydrogen-bond donors (Lipinski definition) is 1. The molecule has 1 aliphatic carbocycles. The van der Waals surface area contributed by atoms with E-state index in [1.807, 2.05) is 0 Å². The maximum atomic E-state index is 12.6. The number of esters is 3. The molecule has 208 valence electrons. The predicted molar refractivity (Wildman–Crippen MR) is 142 cm³/mol. The van der Waals surface area contributed by atoms with Crippen molar-refractivity contribution >= 4 is 24.2 Å². The zero-order chi connectivity index (χ0) is 28.0. The van der Waals surface area contributed by atoms with Crippen LogP contribution in [0.1, 0.15) is 72.1 Å². The van der Waals surface area contributed by atoms with Crippen molar-refractivity contribution in [3.05, 3.63) is 66.2 Å². The van der Waals surface area contributed by atoms with Crippen molar-refractivity contribution in [3.63, 3.8) is 0 Å². The maximum absolute atomic E-state index is 12.6. The molecule has 1 saturated carbocycles. The smallest absolute Gasteiger partial charge is 0.338 e. The van der Waals surface area contributed by atoms with Crippen LogP contribution >= 0.6 is 0 Å². The van der Waals surface area contributed by atoms with Gasteiger partial charge in [0.1, 0.15) is 23.4 Å². The van der Waals surface area contributed by atoms with E-state index in [1.54, 1.807) is 24.3 Å². The van der Waals surface area contributed by atoms with Crippen molar-refractivity contribution in [1.82, 2.24) is 0 Å². The predicted octanol–water partition coefficient (Wildman–Crippen LogP) is 5.19. The van der Waals surface area contributed by atoms with Crippen molar-refractivity contribution in [2.24, 2.45) is 5.92 Å². The molecule has 1 fully saturated rings. The summed E-state index contributed by atoms with van der Waals surface area (Å²) in [7, 11) is 0. The van der Waals surface area contributed by atoms with E-state index in [1.165, 1.54) is 18.2 Å². The molecule has 9 nitrogen and oxygen atoms in total. The fourth-order valence-electron chi connectivity index (χ4n) is 4.19. The Balaban J connectivity index is 1.32. The summed E-state index contributed by atoms with van der Waals surface area (Å²) in [5, 5.41) is 9.57. The van der Waals surface area contributed by atoms with Crippen LogP contribution in [0.5, 0.6) is 17.2 Å². The maximum Gasteiger partial charge on any atom is 0.338 e. The number of unbranched alkanes of at least 4 members (excludes halogenated alkanes) is 3. The van der Waals surface area contributed by atoms with Gasteiger partial charge < -0.3 is 24.1 Å². The van der Waals surface area contributed by atoms with E-state index in [0.29, 0.717) is 56.5 Å². The summed E-state index contributed by atoms with van der Waals surface area (Å²) in [5.41, 5.74) is 0.476. The third-order valence-corrected chi connectivity index (χ3v) is 6.43. The minimum atomic E-state index is -0.421. The minimum absolute atomic E-state index is 0.0490. The van der Waals surface area contributed by atoms with Crippen molar-refractivity contribution in [3.8, 4) is 17.2 Å². The number of rotatable bonds is 14. The van der Waals surface area contributed by atoms with Crippen LogP contribution in [0.4, 0.5) is 0 Å². The highest BCUT2D eigenvalue weighted by Crippen LogP contribution is 2.29. The Bertz CT molecular complexity index is 1130. The van der Waals surface area contributed by atoms with Gasteiger partial charge in [-0.25, -0.2) is 9.59 Å². The Hall–Kier alpha value is -4.14. The van der Waals surface area contributed by atoms with Gasteiger partial charge in [0.25, 0.3) is 0 Å². The van der Waals surface area contributed by atoms with Crippen molar-refractivity contribution in [2.45, 2.75) is 57.5 Å². The molecule has 1 N–H and O–H groups in total. The van der Waals surface area contributed by atoms with Crippen LogP contribution in [0.25, 0.3) is 0 Å². The van der Waals surface area contributed by atoms with Gasteiger partial charge in [-0.05, 0) is 93.8 Å². The molecular formula is C30H34O9. The molecule has 3 rings (SSSR count). The summed E-state index contributed by atoms with van der Waals surface area (Å²) >= 11 is 0. The first kappa shape index (κ1) is 29.4. The van der Waals surface area contributed by atoms with E-state index >= 15 is 0 Å². The van der Waals surface area contributed by atoms with E-state index in [4.69, 9.17) is 18.9 Å². The lowest BCUT2D eigenvalue weighted by Gasteiger charge is -2.27.